The fourth-order valence-corrected chi connectivity index (χ4v) is 4.08. The summed E-state index contributed by atoms with van der Waals surface area (Å²) in [5.41, 5.74) is 0.142. The van der Waals surface area contributed by atoms with E-state index >= 15 is 0 Å². The topological polar surface area (TPSA) is 24.1 Å². The first kappa shape index (κ1) is 15.8. The number of hydrogen-bond donors (Lipinski definition) is 2. The lowest BCUT2D eigenvalue weighted by molar-refractivity contribution is 0.303. The first-order valence-electron chi connectivity index (χ1n) is 7.57. The van der Waals surface area contributed by atoms with E-state index < -0.39 is 0 Å². The van der Waals surface area contributed by atoms with E-state index in [2.05, 4.69) is 48.9 Å². The molecule has 2 N–H and O–H groups in total. The molecule has 1 heterocycles. The van der Waals surface area contributed by atoms with Crippen LogP contribution in [0, 0.1) is 5.41 Å². The summed E-state index contributed by atoms with van der Waals surface area (Å²) in [6.45, 7) is 6.77. The molecular formula is C16H26N2S2. The van der Waals surface area contributed by atoms with Crippen LogP contribution in [0.2, 0.25) is 0 Å². The third-order valence-electron chi connectivity index (χ3n) is 3.91. The molecule has 0 spiro atoms. The Morgan fingerprint density at radius 2 is 2.00 bits per heavy atom. The van der Waals surface area contributed by atoms with Gasteiger partial charge in [0.25, 0.3) is 0 Å². The summed E-state index contributed by atoms with van der Waals surface area (Å²) >= 11 is 7.33. The molecule has 1 aliphatic carbocycles. The summed E-state index contributed by atoms with van der Waals surface area (Å²) < 4.78 is 0. The maximum absolute atomic E-state index is 5.54. The van der Waals surface area contributed by atoms with Crippen molar-refractivity contribution in [3.63, 3.8) is 0 Å². The van der Waals surface area contributed by atoms with E-state index in [0.29, 0.717) is 6.04 Å². The maximum atomic E-state index is 5.54. The van der Waals surface area contributed by atoms with Gasteiger partial charge in [0.05, 0.1) is 6.04 Å². The summed E-state index contributed by atoms with van der Waals surface area (Å²) in [7, 11) is 0. The summed E-state index contributed by atoms with van der Waals surface area (Å²) in [4.78, 5) is 1.35. The zero-order valence-corrected chi connectivity index (χ0v) is 14.4. The molecule has 0 saturated heterocycles. The van der Waals surface area contributed by atoms with Crippen molar-refractivity contribution in [2.24, 2.45) is 5.41 Å². The third-order valence-corrected chi connectivity index (χ3v) is 5.08. The van der Waals surface area contributed by atoms with Gasteiger partial charge in [-0.25, -0.2) is 0 Å². The first-order chi connectivity index (χ1) is 9.47. The molecule has 2 nitrogen and oxygen atoms in total. The summed E-state index contributed by atoms with van der Waals surface area (Å²) in [5.74, 6) is 0. The maximum Gasteiger partial charge on any atom is 0.167 e. The lowest BCUT2D eigenvalue weighted by Crippen LogP contribution is -2.46. The van der Waals surface area contributed by atoms with Crippen molar-refractivity contribution >= 4 is 28.7 Å². The molecule has 1 aromatic heterocycles. The summed E-state index contributed by atoms with van der Waals surface area (Å²) in [6, 6.07) is 5.13. The first-order valence-corrected chi connectivity index (χ1v) is 8.86. The molecule has 20 heavy (non-hydrogen) atoms. The number of thiophene rings is 1. The molecule has 2 rings (SSSR count). The second kappa shape index (κ2) is 6.90. The second-order valence-corrected chi connectivity index (χ2v) is 8.15. The van der Waals surface area contributed by atoms with E-state index in [1.165, 1.54) is 37.0 Å². The highest BCUT2D eigenvalue weighted by atomic mass is 32.1. The second-order valence-electron chi connectivity index (χ2n) is 6.77. The van der Waals surface area contributed by atoms with Crippen molar-refractivity contribution in [2.75, 3.05) is 0 Å². The van der Waals surface area contributed by atoms with Crippen LogP contribution in [0.5, 0.6) is 0 Å². The van der Waals surface area contributed by atoms with Crippen molar-refractivity contribution in [2.45, 2.75) is 65.0 Å². The molecule has 0 unspecified atom stereocenters. The van der Waals surface area contributed by atoms with Gasteiger partial charge in [0, 0.05) is 10.9 Å². The lowest BCUT2D eigenvalue weighted by Gasteiger charge is -2.33. The van der Waals surface area contributed by atoms with E-state index in [9.17, 15) is 0 Å². The molecule has 4 heteroatoms. The summed E-state index contributed by atoms with van der Waals surface area (Å²) in [5, 5.41) is 9.99. The van der Waals surface area contributed by atoms with Crippen molar-refractivity contribution in [3.8, 4) is 0 Å². The van der Waals surface area contributed by atoms with Crippen LogP contribution in [0.3, 0.4) is 0 Å². The Bertz CT molecular complexity index is 414. The van der Waals surface area contributed by atoms with Crippen LogP contribution in [0.4, 0.5) is 0 Å². The number of nitrogens with one attached hydrogen (secondary N) is 2. The quantitative estimate of drug-likeness (QED) is 0.796. The van der Waals surface area contributed by atoms with Crippen LogP contribution in [-0.4, -0.2) is 11.2 Å². The molecular weight excluding hydrogens is 284 g/mol. The highest BCUT2D eigenvalue weighted by Crippen LogP contribution is 2.35. The Kier molecular flexibility index (Phi) is 5.44. The molecule has 1 aromatic rings. The van der Waals surface area contributed by atoms with Crippen LogP contribution in [-0.2, 0) is 0 Å². The minimum Gasteiger partial charge on any atom is -0.360 e. The van der Waals surface area contributed by atoms with E-state index in [-0.39, 0.29) is 11.5 Å². The van der Waals surface area contributed by atoms with Gasteiger partial charge in [0.15, 0.2) is 5.11 Å². The van der Waals surface area contributed by atoms with Crippen molar-refractivity contribution < 1.29 is 0 Å². The zero-order chi connectivity index (χ0) is 14.6. The van der Waals surface area contributed by atoms with Gasteiger partial charge in [-0.3, -0.25) is 0 Å². The highest BCUT2D eigenvalue weighted by Gasteiger charge is 2.28. The van der Waals surface area contributed by atoms with Gasteiger partial charge in [-0.1, -0.05) is 46.1 Å². The number of thiocarbonyl (C=S) groups is 1. The molecule has 1 atom stereocenters. The van der Waals surface area contributed by atoms with Crippen LogP contribution >= 0.6 is 23.6 Å². The van der Waals surface area contributed by atoms with Crippen LogP contribution in [0.15, 0.2) is 17.5 Å². The summed E-state index contributed by atoms with van der Waals surface area (Å²) in [6.07, 6.45) is 6.53. The minimum atomic E-state index is 0.142. The van der Waals surface area contributed by atoms with Gasteiger partial charge in [-0.05, 0) is 41.9 Å². The zero-order valence-electron chi connectivity index (χ0n) is 12.7. The predicted octanol–water partition coefficient (Wildman–Crippen LogP) is 4.63. The van der Waals surface area contributed by atoms with Crippen LogP contribution in [0.1, 0.15) is 63.8 Å². The number of rotatable bonds is 3. The Hall–Kier alpha value is -0.610. The monoisotopic (exact) mass is 310 g/mol. The minimum absolute atomic E-state index is 0.142. The smallest absolute Gasteiger partial charge is 0.167 e. The fraction of sp³-hybridized carbons (Fsp3) is 0.688. The Balaban J connectivity index is 1.95. The lowest BCUT2D eigenvalue weighted by atomic mass is 9.86. The molecule has 112 valence electrons. The van der Waals surface area contributed by atoms with Gasteiger partial charge in [-0.15, -0.1) is 11.3 Å². The van der Waals surface area contributed by atoms with E-state index in [0.717, 1.165) is 5.11 Å². The Morgan fingerprint density at radius 3 is 2.55 bits per heavy atom. The van der Waals surface area contributed by atoms with Crippen molar-refractivity contribution in [1.82, 2.24) is 10.6 Å². The molecule has 1 fully saturated rings. The molecule has 0 radical (unpaired) electrons. The normalized spacial score (nSPS) is 18.6. The molecule has 0 aliphatic heterocycles. The van der Waals surface area contributed by atoms with Gasteiger partial charge in [-0.2, -0.15) is 0 Å². The van der Waals surface area contributed by atoms with Gasteiger partial charge < -0.3 is 10.6 Å². The fourth-order valence-electron chi connectivity index (χ4n) is 2.78. The molecule has 0 bridgehead atoms. The van der Waals surface area contributed by atoms with Crippen LogP contribution in [0.25, 0.3) is 0 Å². The van der Waals surface area contributed by atoms with Gasteiger partial charge in [0.1, 0.15) is 0 Å². The molecule has 0 amide bonds. The van der Waals surface area contributed by atoms with Gasteiger partial charge in [0.2, 0.25) is 0 Å². The average Bonchev–Trinajstić information content (AvgIpc) is 2.89. The van der Waals surface area contributed by atoms with E-state index in [4.69, 9.17) is 12.2 Å². The standard InChI is InChI=1S/C16H26N2S2/c1-16(2,3)14(13-10-7-11-20-13)18-15(19)17-12-8-5-4-6-9-12/h7,10-12,14H,4-6,8-9H2,1-3H3,(H2,17,18,19)/t14-/m0/s1. The molecule has 0 aromatic carbocycles. The van der Waals surface area contributed by atoms with E-state index in [1.54, 1.807) is 11.3 Å². The largest absolute Gasteiger partial charge is 0.360 e. The number of hydrogen-bond acceptors (Lipinski definition) is 2. The van der Waals surface area contributed by atoms with Gasteiger partial charge >= 0.3 is 0 Å². The highest BCUT2D eigenvalue weighted by molar-refractivity contribution is 7.80. The molecule has 1 saturated carbocycles. The SMILES string of the molecule is CC(C)(C)[C@@H](NC(=S)NC1CCCCC1)c1cccs1. The average molecular weight is 311 g/mol. The Morgan fingerprint density at radius 1 is 1.30 bits per heavy atom. The van der Waals surface area contributed by atoms with Crippen molar-refractivity contribution in [1.29, 1.82) is 0 Å². The van der Waals surface area contributed by atoms with Crippen molar-refractivity contribution in [3.05, 3.63) is 22.4 Å². The molecule has 1 aliphatic rings. The van der Waals surface area contributed by atoms with E-state index in [1.807, 2.05) is 0 Å². The Labute approximate surface area is 132 Å². The van der Waals surface area contributed by atoms with Crippen LogP contribution < -0.4 is 10.6 Å². The third kappa shape index (κ3) is 4.45. The predicted molar refractivity (Wildman–Crippen MR) is 92.3 cm³/mol.